The lowest BCUT2D eigenvalue weighted by atomic mass is 9.88. The topological polar surface area (TPSA) is 38.8 Å². The molecule has 4 nitrogen and oxygen atoms in total. The summed E-state index contributed by atoms with van der Waals surface area (Å²) in [7, 11) is 3.46. The molecule has 0 bridgehead atoms. The number of hydrogen-bond donors (Lipinski definition) is 0. The predicted molar refractivity (Wildman–Crippen MR) is 84.9 cm³/mol. The van der Waals surface area contributed by atoms with E-state index < -0.39 is 0 Å². The number of ether oxygens (including phenoxy) is 2. The van der Waals surface area contributed by atoms with Crippen LogP contribution in [0, 0.1) is 11.8 Å². The summed E-state index contributed by atoms with van der Waals surface area (Å²) in [6.45, 7) is 1.66. The molecular weight excluding hydrogens is 278 g/mol. The summed E-state index contributed by atoms with van der Waals surface area (Å²) >= 11 is 0. The van der Waals surface area contributed by atoms with E-state index in [1.807, 2.05) is 12.1 Å². The van der Waals surface area contributed by atoms with Crippen LogP contribution in [0.1, 0.15) is 24.8 Å². The summed E-state index contributed by atoms with van der Waals surface area (Å²) in [5.74, 6) is 1.91. The molecule has 0 N–H and O–H groups in total. The summed E-state index contributed by atoms with van der Waals surface area (Å²) in [5, 5.41) is 0. The van der Waals surface area contributed by atoms with E-state index in [0.29, 0.717) is 17.7 Å². The lowest BCUT2D eigenvalue weighted by Crippen LogP contribution is -2.47. The molecule has 4 heteroatoms. The summed E-state index contributed by atoms with van der Waals surface area (Å²) < 4.78 is 10.9. The molecule has 0 unspecified atom stereocenters. The van der Waals surface area contributed by atoms with Gasteiger partial charge in [-0.25, -0.2) is 0 Å². The van der Waals surface area contributed by atoms with E-state index in [0.717, 1.165) is 44.5 Å². The molecule has 2 aliphatic rings. The molecule has 1 aliphatic carbocycles. The second-order valence-electron chi connectivity index (χ2n) is 6.43. The molecule has 1 aromatic carbocycles. The second kappa shape index (κ2) is 6.69. The predicted octanol–water partition coefficient (Wildman–Crippen LogP) is 2.51. The molecule has 1 aromatic rings. The van der Waals surface area contributed by atoms with Crippen LogP contribution in [0.5, 0.6) is 5.75 Å². The fourth-order valence-corrected chi connectivity index (χ4v) is 3.37. The van der Waals surface area contributed by atoms with Gasteiger partial charge in [-0.15, -0.1) is 0 Å². The molecule has 0 spiro atoms. The number of hydrogen-bond acceptors (Lipinski definition) is 3. The minimum atomic E-state index is 0.241. The molecule has 3 rings (SSSR count). The number of benzene rings is 1. The Bertz CT molecular complexity index is 510. The van der Waals surface area contributed by atoms with Crippen LogP contribution in [-0.4, -0.2) is 44.2 Å². The minimum absolute atomic E-state index is 0.241. The molecule has 120 valence electrons. The number of likely N-dealkylation sites (tertiary alicyclic amines) is 1. The monoisotopic (exact) mass is 303 g/mol. The number of nitrogens with zero attached hydrogens (tertiary/aromatic N) is 1. The average molecular weight is 303 g/mol. The van der Waals surface area contributed by atoms with Crippen LogP contribution in [0.15, 0.2) is 24.3 Å². The van der Waals surface area contributed by atoms with E-state index in [1.165, 1.54) is 5.56 Å². The van der Waals surface area contributed by atoms with Crippen LogP contribution in [0.4, 0.5) is 0 Å². The maximum atomic E-state index is 12.3. The van der Waals surface area contributed by atoms with Crippen molar-refractivity contribution in [2.45, 2.75) is 31.8 Å². The summed E-state index contributed by atoms with van der Waals surface area (Å²) in [5.41, 5.74) is 1.27. The van der Waals surface area contributed by atoms with E-state index >= 15 is 0 Å². The van der Waals surface area contributed by atoms with E-state index in [1.54, 1.807) is 14.2 Å². The van der Waals surface area contributed by atoms with Crippen molar-refractivity contribution in [3.63, 3.8) is 0 Å². The lowest BCUT2D eigenvalue weighted by molar-refractivity contribution is -0.137. The number of rotatable bonds is 5. The molecule has 1 saturated carbocycles. The quantitative estimate of drug-likeness (QED) is 0.839. The number of methoxy groups -OCH3 is 2. The minimum Gasteiger partial charge on any atom is -0.497 e. The third kappa shape index (κ3) is 3.43. The summed E-state index contributed by atoms with van der Waals surface area (Å²) in [4.78, 5) is 14.4. The van der Waals surface area contributed by atoms with Crippen molar-refractivity contribution < 1.29 is 14.3 Å². The van der Waals surface area contributed by atoms with Crippen LogP contribution in [-0.2, 0) is 16.0 Å². The molecule has 2 fully saturated rings. The van der Waals surface area contributed by atoms with Gasteiger partial charge in [0.05, 0.1) is 13.2 Å². The first kappa shape index (κ1) is 15.3. The van der Waals surface area contributed by atoms with Crippen molar-refractivity contribution in [2.24, 2.45) is 11.8 Å². The Morgan fingerprint density at radius 3 is 2.50 bits per heavy atom. The molecule has 2 atom stereocenters. The van der Waals surface area contributed by atoms with Gasteiger partial charge in [0.25, 0.3) is 0 Å². The van der Waals surface area contributed by atoms with Crippen molar-refractivity contribution in [3.05, 3.63) is 29.8 Å². The van der Waals surface area contributed by atoms with Gasteiger partial charge >= 0.3 is 0 Å². The standard InChI is InChI=1S/C18H25NO3/c1-21-16-7-3-13(4-8-16)11-15-12-19(10-9-17(15)22-2)18(20)14-5-6-14/h3-4,7-8,14-15,17H,5-6,9-12H2,1-2H3/t15-,17-/m0/s1. The maximum absolute atomic E-state index is 12.3. The van der Waals surface area contributed by atoms with Crippen molar-refractivity contribution >= 4 is 5.91 Å². The van der Waals surface area contributed by atoms with Crippen molar-refractivity contribution in [1.29, 1.82) is 0 Å². The van der Waals surface area contributed by atoms with E-state index in [4.69, 9.17) is 9.47 Å². The maximum Gasteiger partial charge on any atom is 0.225 e. The van der Waals surface area contributed by atoms with Crippen LogP contribution < -0.4 is 4.74 Å². The smallest absolute Gasteiger partial charge is 0.225 e. The molecule has 0 aromatic heterocycles. The number of amides is 1. The lowest BCUT2D eigenvalue weighted by Gasteiger charge is -2.38. The third-order valence-electron chi connectivity index (χ3n) is 4.86. The van der Waals surface area contributed by atoms with Gasteiger partial charge < -0.3 is 14.4 Å². The highest BCUT2D eigenvalue weighted by Gasteiger charge is 2.38. The Morgan fingerprint density at radius 2 is 1.91 bits per heavy atom. The molecule has 1 aliphatic heterocycles. The van der Waals surface area contributed by atoms with Crippen molar-refractivity contribution in [1.82, 2.24) is 4.90 Å². The summed E-state index contributed by atoms with van der Waals surface area (Å²) in [6, 6.07) is 8.20. The van der Waals surface area contributed by atoms with Gasteiger partial charge in [-0.1, -0.05) is 12.1 Å². The van der Waals surface area contributed by atoms with Gasteiger partial charge in [0, 0.05) is 32.0 Å². The number of carbonyl (C=O) groups excluding carboxylic acids is 1. The Kier molecular flexibility index (Phi) is 4.67. The van der Waals surface area contributed by atoms with Crippen LogP contribution in [0.25, 0.3) is 0 Å². The van der Waals surface area contributed by atoms with Gasteiger partial charge in [0.1, 0.15) is 5.75 Å². The largest absolute Gasteiger partial charge is 0.497 e. The Labute approximate surface area is 132 Å². The fraction of sp³-hybridized carbons (Fsp3) is 0.611. The molecule has 0 radical (unpaired) electrons. The van der Waals surface area contributed by atoms with Gasteiger partial charge in [0.2, 0.25) is 5.91 Å². The zero-order valence-electron chi connectivity index (χ0n) is 13.5. The highest BCUT2D eigenvalue weighted by Crippen LogP contribution is 2.33. The molecule has 1 amide bonds. The van der Waals surface area contributed by atoms with E-state index in [2.05, 4.69) is 17.0 Å². The fourth-order valence-electron chi connectivity index (χ4n) is 3.37. The Hall–Kier alpha value is -1.55. The highest BCUT2D eigenvalue weighted by molar-refractivity contribution is 5.81. The highest BCUT2D eigenvalue weighted by atomic mass is 16.5. The van der Waals surface area contributed by atoms with Crippen LogP contribution in [0.2, 0.25) is 0 Å². The van der Waals surface area contributed by atoms with Gasteiger partial charge in [-0.3, -0.25) is 4.79 Å². The molecule has 22 heavy (non-hydrogen) atoms. The second-order valence-corrected chi connectivity index (χ2v) is 6.43. The molecule has 1 saturated heterocycles. The number of piperidine rings is 1. The first-order chi connectivity index (χ1) is 10.7. The van der Waals surface area contributed by atoms with Crippen LogP contribution >= 0.6 is 0 Å². The number of carbonyl (C=O) groups is 1. The SMILES string of the molecule is COc1ccc(C[C@H]2CN(C(=O)C3CC3)CC[C@@H]2OC)cc1. The van der Waals surface area contributed by atoms with Gasteiger partial charge in [0.15, 0.2) is 0 Å². The summed E-state index contributed by atoms with van der Waals surface area (Å²) in [6.07, 6.45) is 4.27. The van der Waals surface area contributed by atoms with E-state index in [-0.39, 0.29) is 6.10 Å². The van der Waals surface area contributed by atoms with Crippen LogP contribution in [0.3, 0.4) is 0 Å². The van der Waals surface area contributed by atoms with Gasteiger partial charge in [-0.2, -0.15) is 0 Å². The first-order valence-electron chi connectivity index (χ1n) is 8.15. The average Bonchev–Trinajstić information content (AvgIpc) is 3.40. The van der Waals surface area contributed by atoms with E-state index in [9.17, 15) is 4.79 Å². The molecule has 1 heterocycles. The van der Waals surface area contributed by atoms with Gasteiger partial charge in [-0.05, 0) is 43.4 Å². The Morgan fingerprint density at radius 1 is 1.18 bits per heavy atom. The van der Waals surface area contributed by atoms with Crippen molar-refractivity contribution in [3.8, 4) is 5.75 Å². The third-order valence-corrected chi connectivity index (χ3v) is 4.86. The molecular formula is C18H25NO3. The zero-order valence-corrected chi connectivity index (χ0v) is 13.5. The normalized spacial score (nSPS) is 25.1. The first-order valence-corrected chi connectivity index (χ1v) is 8.15. The van der Waals surface area contributed by atoms with Crippen molar-refractivity contribution in [2.75, 3.05) is 27.3 Å². The Balaban J connectivity index is 1.65. The zero-order chi connectivity index (χ0) is 15.5.